The fraction of sp³-hybridized carbons (Fsp3) is 0.933. The summed E-state index contributed by atoms with van der Waals surface area (Å²) in [6.07, 6.45) is 11.0. The molecule has 2 fully saturated rings. The fourth-order valence-electron chi connectivity index (χ4n) is 3.42. The van der Waals surface area contributed by atoms with E-state index < -0.39 is 0 Å². The molecule has 1 N–H and O–H groups in total. The lowest BCUT2D eigenvalue weighted by atomic mass is 9.75. The molecule has 0 aromatic heterocycles. The normalized spacial score (nSPS) is 31.9. The van der Waals surface area contributed by atoms with Gasteiger partial charge in [0, 0.05) is 16.8 Å². The van der Waals surface area contributed by atoms with Crippen molar-refractivity contribution < 1.29 is 4.79 Å². The van der Waals surface area contributed by atoms with Crippen LogP contribution in [0.25, 0.3) is 0 Å². The summed E-state index contributed by atoms with van der Waals surface area (Å²) >= 11 is 3.71. The van der Waals surface area contributed by atoms with Crippen LogP contribution in [-0.4, -0.2) is 17.3 Å². The van der Waals surface area contributed by atoms with Gasteiger partial charge < -0.3 is 5.32 Å². The average Bonchev–Trinajstić information content (AvgIpc) is 2.37. The molecular weight excluding hydrogens is 290 g/mol. The van der Waals surface area contributed by atoms with E-state index in [0.29, 0.717) is 16.7 Å². The summed E-state index contributed by atoms with van der Waals surface area (Å²) in [5.74, 6) is 0.984. The van der Waals surface area contributed by atoms with Crippen molar-refractivity contribution in [3.63, 3.8) is 0 Å². The van der Waals surface area contributed by atoms with Gasteiger partial charge in [-0.05, 0) is 38.0 Å². The van der Waals surface area contributed by atoms with E-state index in [4.69, 9.17) is 0 Å². The molecule has 0 aliphatic heterocycles. The van der Waals surface area contributed by atoms with Gasteiger partial charge in [-0.3, -0.25) is 4.79 Å². The summed E-state index contributed by atoms with van der Waals surface area (Å²) in [5.41, 5.74) is -0.0826. The Kier molecular flexibility index (Phi) is 5.11. The average molecular weight is 316 g/mol. The van der Waals surface area contributed by atoms with Crippen molar-refractivity contribution >= 4 is 21.8 Å². The Morgan fingerprint density at radius 1 is 1.22 bits per heavy atom. The molecule has 2 saturated carbocycles. The van der Waals surface area contributed by atoms with E-state index in [1.54, 1.807) is 0 Å². The molecular formula is C15H26BrNO. The second-order valence-electron chi connectivity index (χ2n) is 6.46. The van der Waals surface area contributed by atoms with E-state index >= 15 is 0 Å². The van der Waals surface area contributed by atoms with Crippen LogP contribution in [-0.2, 0) is 4.79 Å². The van der Waals surface area contributed by atoms with Crippen LogP contribution < -0.4 is 5.32 Å². The minimum atomic E-state index is -0.0826. The zero-order chi connectivity index (χ0) is 13.0. The lowest BCUT2D eigenvalue weighted by Gasteiger charge is -2.33. The van der Waals surface area contributed by atoms with Crippen molar-refractivity contribution in [2.24, 2.45) is 11.3 Å². The Balaban J connectivity index is 1.76. The van der Waals surface area contributed by atoms with Gasteiger partial charge in [0.15, 0.2) is 0 Å². The molecule has 1 amide bonds. The van der Waals surface area contributed by atoms with Gasteiger partial charge in [-0.1, -0.05) is 48.5 Å². The molecule has 0 saturated heterocycles. The number of nitrogens with one attached hydrogen (secondary N) is 1. The van der Waals surface area contributed by atoms with Gasteiger partial charge in [0.2, 0.25) is 5.91 Å². The van der Waals surface area contributed by atoms with Gasteiger partial charge in [-0.2, -0.15) is 0 Å². The molecule has 2 aliphatic carbocycles. The van der Waals surface area contributed by atoms with Crippen molar-refractivity contribution in [2.75, 3.05) is 6.54 Å². The van der Waals surface area contributed by atoms with Gasteiger partial charge in [0.25, 0.3) is 0 Å². The monoisotopic (exact) mass is 315 g/mol. The molecule has 3 heteroatoms. The molecule has 2 nitrogen and oxygen atoms in total. The van der Waals surface area contributed by atoms with Crippen molar-refractivity contribution in [1.29, 1.82) is 0 Å². The van der Waals surface area contributed by atoms with Crippen LogP contribution in [0, 0.1) is 11.3 Å². The molecule has 2 atom stereocenters. The van der Waals surface area contributed by atoms with Crippen LogP contribution in [0.5, 0.6) is 0 Å². The van der Waals surface area contributed by atoms with Crippen LogP contribution in [0.15, 0.2) is 0 Å². The lowest BCUT2D eigenvalue weighted by Crippen LogP contribution is -2.42. The minimum absolute atomic E-state index is 0.0826. The molecule has 0 aromatic rings. The van der Waals surface area contributed by atoms with Crippen LogP contribution >= 0.6 is 15.9 Å². The van der Waals surface area contributed by atoms with Crippen LogP contribution in [0.3, 0.4) is 0 Å². The maximum absolute atomic E-state index is 12.3. The molecule has 2 rings (SSSR count). The lowest BCUT2D eigenvalue weighted by molar-refractivity contribution is -0.132. The molecule has 0 bridgehead atoms. The molecule has 2 aliphatic rings. The standard InChI is InChI=1S/C15H26BrNO/c1-15(8-3-2-4-9-15)14(18)17-11-12-6-5-7-13(16)10-12/h12-13H,2-11H2,1H3,(H,17,18). The zero-order valence-corrected chi connectivity index (χ0v) is 13.1. The van der Waals surface area contributed by atoms with Crippen LogP contribution in [0.1, 0.15) is 64.7 Å². The van der Waals surface area contributed by atoms with Gasteiger partial charge in [-0.15, -0.1) is 0 Å². The van der Waals surface area contributed by atoms with E-state index in [0.717, 1.165) is 19.4 Å². The van der Waals surface area contributed by atoms with Crippen LogP contribution in [0.4, 0.5) is 0 Å². The highest BCUT2D eigenvalue weighted by Crippen LogP contribution is 2.36. The number of hydrogen-bond acceptors (Lipinski definition) is 1. The Morgan fingerprint density at radius 3 is 2.61 bits per heavy atom. The number of alkyl halides is 1. The van der Waals surface area contributed by atoms with Crippen LogP contribution in [0.2, 0.25) is 0 Å². The predicted molar refractivity (Wildman–Crippen MR) is 78.9 cm³/mol. The first-order chi connectivity index (χ1) is 8.60. The summed E-state index contributed by atoms with van der Waals surface area (Å²) < 4.78 is 0. The summed E-state index contributed by atoms with van der Waals surface area (Å²) in [4.78, 5) is 13.0. The van der Waals surface area contributed by atoms with E-state index in [1.165, 1.54) is 44.9 Å². The van der Waals surface area contributed by atoms with E-state index in [1.807, 2.05) is 0 Å². The van der Waals surface area contributed by atoms with Crippen molar-refractivity contribution in [2.45, 2.75) is 69.5 Å². The highest BCUT2D eigenvalue weighted by Gasteiger charge is 2.34. The van der Waals surface area contributed by atoms with Crippen molar-refractivity contribution in [3.8, 4) is 0 Å². The Bertz CT molecular complexity index is 286. The first kappa shape index (κ1) is 14.4. The Hall–Kier alpha value is -0.0500. The number of hydrogen-bond donors (Lipinski definition) is 1. The van der Waals surface area contributed by atoms with Gasteiger partial charge in [0.1, 0.15) is 0 Å². The number of rotatable bonds is 3. The largest absolute Gasteiger partial charge is 0.355 e. The Morgan fingerprint density at radius 2 is 1.94 bits per heavy atom. The van der Waals surface area contributed by atoms with Gasteiger partial charge in [-0.25, -0.2) is 0 Å². The summed E-state index contributed by atoms with van der Waals surface area (Å²) in [6, 6.07) is 0. The number of carbonyl (C=O) groups excluding carboxylic acids is 1. The first-order valence-electron chi connectivity index (χ1n) is 7.52. The summed E-state index contributed by atoms with van der Waals surface area (Å²) in [6.45, 7) is 3.03. The third kappa shape index (κ3) is 3.72. The third-order valence-electron chi connectivity index (χ3n) is 4.78. The van der Waals surface area contributed by atoms with Gasteiger partial charge in [0.05, 0.1) is 0 Å². The summed E-state index contributed by atoms with van der Waals surface area (Å²) in [7, 11) is 0. The second kappa shape index (κ2) is 6.40. The molecule has 2 unspecified atom stereocenters. The number of halogens is 1. The van der Waals surface area contributed by atoms with Crippen molar-refractivity contribution in [3.05, 3.63) is 0 Å². The number of carbonyl (C=O) groups is 1. The van der Waals surface area contributed by atoms with Gasteiger partial charge >= 0.3 is 0 Å². The maximum atomic E-state index is 12.3. The number of amides is 1. The molecule has 0 aromatic carbocycles. The van der Waals surface area contributed by atoms with E-state index in [-0.39, 0.29) is 5.41 Å². The maximum Gasteiger partial charge on any atom is 0.225 e. The fourth-order valence-corrected chi connectivity index (χ4v) is 4.27. The molecule has 18 heavy (non-hydrogen) atoms. The van der Waals surface area contributed by atoms with E-state index in [2.05, 4.69) is 28.2 Å². The second-order valence-corrected chi connectivity index (χ2v) is 7.76. The highest BCUT2D eigenvalue weighted by atomic mass is 79.9. The molecule has 0 heterocycles. The minimum Gasteiger partial charge on any atom is -0.355 e. The highest BCUT2D eigenvalue weighted by molar-refractivity contribution is 9.09. The van der Waals surface area contributed by atoms with Crippen molar-refractivity contribution in [1.82, 2.24) is 5.32 Å². The zero-order valence-electron chi connectivity index (χ0n) is 11.5. The Labute approximate surface area is 119 Å². The molecule has 0 spiro atoms. The topological polar surface area (TPSA) is 29.1 Å². The molecule has 0 radical (unpaired) electrons. The first-order valence-corrected chi connectivity index (χ1v) is 8.44. The quantitative estimate of drug-likeness (QED) is 0.783. The SMILES string of the molecule is CC1(C(=O)NCC2CCCC(Br)C2)CCCCC1. The molecule has 104 valence electrons. The summed E-state index contributed by atoms with van der Waals surface area (Å²) in [5, 5.41) is 3.22. The smallest absolute Gasteiger partial charge is 0.225 e. The van der Waals surface area contributed by atoms with E-state index in [9.17, 15) is 4.79 Å². The third-order valence-corrected chi connectivity index (χ3v) is 5.61. The predicted octanol–water partition coefficient (Wildman–Crippen LogP) is 4.03.